The normalized spacial score (nSPS) is 24.4. The number of nitrogens with one attached hydrogen (secondary N) is 1. The van der Waals surface area contributed by atoms with Crippen LogP contribution < -0.4 is 5.32 Å². The van der Waals surface area contributed by atoms with Crippen LogP contribution in [0.15, 0.2) is 0 Å². The molecule has 0 aromatic heterocycles. The highest BCUT2D eigenvalue weighted by Crippen LogP contribution is 2.21. The average molecular weight is 269 g/mol. The van der Waals surface area contributed by atoms with Crippen LogP contribution in [-0.2, 0) is 0 Å². The maximum absolute atomic E-state index is 12.0. The maximum atomic E-state index is 12.0. The van der Waals surface area contributed by atoms with Crippen molar-refractivity contribution in [3.63, 3.8) is 0 Å². The minimum atomic E-state index is -0.0172. The minimum Gasteiger partial charge on any atom is -0.394 e. The molecule has 1 heterocycles. The standard InChI is InChI=1S/C14H27N3O2/c1-16(12-5-2-3-6-12)10-8-15-14(19)17-9-4-7-13(17)11-18/h12-13,18H,2-11H2,1H3,(H,15,19)/t13-/m0/s1. The molecule has 0 aromatic rings. The summed E-state index contributed by atoms with van der Waals surface area (Å²) in [7, 11) is 2.15. The van der Waals surface area contributed by atoms with Crippen LogP contribution in [0.25, 0.3) is 0 Å². The molecule has 2 rings (SSSR count). The van der Waals surface area contributed by atoms with Gasteiger partial charge in [0.2, 0.25) is 0 Å². The Kier molecular flexibility index (Phi) is 5.45. The molecule has 1 aliphatic carbocycles. The van der Waals surface area contributed by atoms with Gasteiger partial charge in [-0.05, 0) is 32.7 Å². The van der Waals surface area contributed by atoms with E-state index in [1.54, 1.807) is 4.90 Å². The third kappa shape index (κ3) is 3.83. The Morgan fingerprint density at radius 1 is 1.32 bits per heavy atom. The van der Waals surface area contributed by atoms with Crippen LogP contribution in [0.2, 0.25) is 0 Å². The van der Waals surface area contributed by atoms with Gasteiger partial charge in [-0.1, -0.05) is 12.8 Å². The predicted molar refractivity (Wildman–Crippen MR) is 75.1 cm³/mol. The van der Waals surface area contributed by atoms with Gasteiger partial charge in [0, 0.05) is 25.7 Å². The van der Waals surface area contributed by atoms with Crippen LogP contribution in [0.3, 0.4) is 0 Å². The summed E-state index contributed by atoms with van der Waals surface area (Å²) in [4.78, 5) is 16.1. The highest BCUT2D eigenvalue weighted by atomic mass is 16.3. The van der Waals surface area contributed by atoms with Gasteiger partial charge in [0.1, 0.15) is 0 Å². The SMILES string of the molecule is CN(CCNC(=O)N1CCC[C@H]1CO)C1CCCC1. The maximum Gasteiger partial charge on any atom is 0.317 e. The Morgan fingerprint density at radius 3 is 2.74 bits per heavy atom. The Morgan fingerprint density at radius 2 is 2.05 bits per heavy atom. The van der Waals surface area contributed by atoms with Crippen molar-refractivity contribution in [2.45, 2.75) is 50.6 Å². The monoisotopic (exact) mass is 269 g/mol. The van der Waals surface area contributed by atoms with Gasteiger partial charge >= 0.3 is 6.03 Å². The highest BCUT2D eigenvalue weighted by Gasteiger charge is 2.27. The van der Waals surface area contributed by atoms with Gasteiger partial charge in [-0.15, -0.1) is 0 Å². The van der Waals surface area contributed by atoms with Crippen molar-refractivity contribution in [2.24, 2.45) is 0 Å². The number of aliphatic hydroxyl groups excluding tert-OH is 1. The Labute approximate surface area is 115 Å². The van der Waals surface area contributed by atoms with Gasteiger partial charge < -0.3 is 20.2 Å². The molecule has 19 heavy (non-hydrogen) atoms. The lowest BCUT2D eigenvalue weighted by molar-refractivity contribution is 0.155. The van der Waals surface area contributed by atoms with Crippen molar-refractivity contribution in [1.29, 1.82) is 0 Å². The third-order valence-electron chi connectivity index (χ3n) is 4.54. The van der Waals surface area contributed by atoms with E-state index >= 15 is 0 Å². The zero-order valence-electron chi connectivity index (χ0n) is 12.0. The van der Waals surface area contributed by atoms with Gasteiger partial charge in [-0.3, -0.25) is 0 Å². The number of likely N-dealkylation sites (N-methyl/N-ethyl adjacent to an activating group) is 1. The number of carbonyl (C=O) groups is 1. The molecule has 2 amide bonds. The van der Waals surface area contributed by atoms with Crippen LogP contribution in [0.1, 0.15) is 38.5 Å². The van der Waals surface area contributed by atoms with Crippen LogP contribution in [0.5, 0.6) is 0 Å². The van der Waals surface area contributed by atoms with Crippen LogP contribution in [-0.4, -0.2) is 66.3 Å². The quantitative estimate of drug-likeness (QED) is 0.784. The number of carbonyl (C=O) groups excluding carboxylic acids is 1. The van der Waals surface area contributed by atoms with Crippen molar-refractivity contribution in [2.75, 3.05) is 33.3 Å². The van der Waals surface area contributed by atoms with Crippen molar-refractivity contribution >= 4 is 6.03 Å². The van der Waals surface area contributed by atoms with E-state index in [1.807, 2.05) is 0 Å². The van der Waals surface area contributed by atoms with E-state index in [2.05, 4.69) is 17.3 Å². The second-order valence-electron chi connectivity index (χ2n) is 5.82. The fraction of sp³-hybridized carbons (Fsp3) is 0.929. The molecule has 5 heteroatoms. The summed E-state index contributed by atoms with van der Waals surface area (Å²) in [5, 5.41) is 12.2. The molecule has 2 aliphatic rings. The highest BCUT2D eigenvalue weighted by molar-refractivity contribution is 5.74. The van der Waals surface area contributed by atoms with Gasteiger partial charge in [-0.25, -0.2) is 4.79 Å². The van der Waals surface area contributed by atoms with Crippen molar-refractivity contribution in [3.05, 3.63) is 0 Å². The lowest BCUT2D eigenvalue weighted by Gasteiger charge is -2.26. The number of urea groups is 1. The third-order valence-corrected chi connectivity index (χ3v) is 4.54. The second kappa shape index (κ2) is 7.10. The molecule has 110 valence electrons. The smallest absolute Gasteiger partial charge is 0.317 e. The molecule has 2 N–H and O–H groups in total. The van der Waals surface area contributed by atoms with Gasteiger partial charge in [0.15, 0.2) is 0 Å². The molecular formula is C14H27N3O2. The zero-order chi connectivity index (χ0) is 13.7. The Balaban J connectivity index is 1.65. The number of likely N-dealkylation sites (tertiary alicyclic amines) is 1. The fourth-order valence-electron chi connectivity index (χ4n) is 3.26. The number of hydrogen-bond donors (Lipinski definition) is 2. The zero-order valence-corrected chi connectivity index (χ0v) is 12.0. The van der Waals surface area contributed by atoms with Crippen molar-refractivity contribution in [3.8, 4) is 0 Å². The number of aliphatic hydroxyl groups is 1. The number of hydrogen-bond acceptors (Lipinski definition) is 3. The second-order valence-corrected chi connectivity index (χ2v) is 5.82. The van der Waals surface area contributed by atoms with E-state index in [1.165, 1.54) is 25.7 Å². The molecule has 0 aromatic carbocycles. The molecule has 1 saturated carbocycles. The molecular weight excluding hydrogens is 242 g/mol. The Hall–Kier alpha value is -0.810. The van der Waals surface area contributed by atoms with Crippen LogP contribution in [0.4, 0.5) is 4.79 Å². The summed E-state index contributed by atoms with van der Waals surface area (Å²) in [5.74, 6) is 0. The summed E-state index contributed by atoms with van der Waals surface area (Å²) < 4.78 is 0. The molecule has 2 fully saturated rings. The number of amides is 2. The summed E-state index contributed by atoms with van der Waals surface area (Å²) in [6.07, 6.45) is 7.19. The molecule has 0 unspecified atom stereocenters. The summed E-state index contributed by atoms with van der Waals surface area (Å²) in [5.41, 5.74) is 0. The van der Waals surface area contributed by atoms with Crippen LogP contribution >= 0.6 is 0 Å². The number of nitrogens with zero attached hydrogens (tertiary/aromatic N) is 2. The first-order valence-electron chi connectivity index (χ1n) is 7.58. The molecule has 1 aliphatic heterocycles. The average Bonchev–Trinajstić information content (AvgIpc) is 3.09. The van der Waals surface area contributed by atoms with E-state index in [0.29, 0.717) is 12.6 Å². The first-order chi connectivity index (χ1) is 9.22. The fourth-order valence-corrected chi connectivity index (χ4v) is 3.26. The largest absolute Gasteiger partial charge is 0.394 e. The lowest BCUT2D eigenvalue weighted by atomic mass is 10.2. The van der Waals surface area contributed by atoms with Crippen molar-refractivity contribution in [1.82, 2.24) is 15.1 Å². The van der Waals surface area contributed by atoms with E-state index in [9.17, 15) is 9.90 Å². The van der Waals surface area contributed by atoms with Gasteiger partial charge in [0.25, 0.3) is 0 Å². The Bertz CT molecular complexity index is 292. The number of rotatable bonds is 5. The molecule has 1 atom stereocenters. The summed E-state index contributed by atoms with van der Waals surface area (Å²) >= 11 is 0. The molecule has 0 radical (unpaired) electrons. The van der Waals surface area contributed by atoms with Crippen molar-refractivity contribution < 1.29 is 9.90 Å². The molecule has 0 spiro atoms. The van der Waals surface area contributed by atoms with E-state index in [-0.39, 0.29) is 18.7 Å². The molecule has 5 nitrogen and oxygen atoms in total. The lowest BCUT2D eigenvalue weighted by Crippen LogP contribution is -2.46. The van der Waals surface area contributed by atoms with Crippen LogP contribution in [0, 0.1) is 0 Å². The first kappa shape index (κ1) is 14.6. The van der Waals surface area contributed by atoms with Gasteiger partial charge in [-0.2, -0.15) is 0 Å². The summed E-state index contributed by atoms with van der Waals surface area (Å²) in [6.45, 7) is 2.46. The summed E-state index contributed by atoms with van der Waals surface area (Å²) in [6, 6.07) is 0.706. The van der Waals surface area contributed by atoms with E-state index in [0.717, 1.165) is 25.9 Å². The predicted octanol–water partition coefficient (Wildman–Crippen LogP) is 1.03. The topological polar surface area (TPSA) is 55.8 Å². The van der Waals surface area contributed by atoms with E-state index < -0.39 is 0 Å². The minimum absolute atomic E-state index is 0.0172. The molecule has 1 saturated heterocycles. The van der Waals surface area contributed by atoms with Gasteiger partial charge in [0.05, 0.1) is 12.6 Å². The first-order valence-corrected chi connectivity index (χ1v) is 7.58. The van der Waals surface area contributed by atoms with E-state index in [4.69, 9.17) is 0 Å². The molecule has 0 bridgehead atoms.